The Morgan fingerprint density at radius 2 is 2.05 bits per heavy atom. The van der Waals surface area contributed by atoms with Gasteiger partial charge < -0.3 is 9.64 Å². The van der Waals surface area contributed by atoms with E-state index in [1.807, 2.05) is 49.9 Å². The monoisotopic (exact) mass is 286 g/mol. The number of anilines is 1. The van der Waals surface area contributed by atoms with Crippen LogP contribution in [0.3, 0.4) is 0 Å². The summed E-state index contributed by atoms with van der Waals surface area (Å²) in [6.07, 6.45) is 1.32. The summed E-state index contributed by atoms with van der Waals surface area (Å²) >= 11 is 0. The van der Waals surface area contributed by atoms with Crippen molar-refractivity contribution in [3.05, 3.63) is 41.8 Å². The third-order valence-corrected chi connectivity index (χ3v) is 3.18. The Morgan fingerprint density at radius 1 is 1.29 bits per heavy atom. The summed E-state index contributed by atoms with van der Waals surface area (Å²) in [4.78, 5) is 15.9. The highest BCUT2D eigenvalue weighted by Crippen LogP contribution is 2.32. The van der Waals surface area contributed by atoms with Gasteiger partial charge in [0, 0.05) is 5.69 Å². The van der Waals surface area contributed by atoms with Crippen molar-refractivity contribution < 1.29 is 9.53 Å². The molecule has 0 N–H and O–H groups in total. The third kappa shape index (κ3) is 2.74. The van der Waals surface area contributed by atoms with Gasteiger partial charge in [-0.25, -0.2) is 4.79 Å². The zero-order valence-electron chi connectivity index (χ0n) is 12.4. The van der Waals surface area contributed by atoms with Crippen molar-refractivity contribution in [1.29, 1.82) is 0 Å². The molecule has 2 aliphatic heterocycles. The van der Waals surface area contributed by atoms with Crippen molar-refractivity contribution in [3.63, 3.8) is 0 Å². The first kappa shape index (κ1) is 13.6. The van der Waals surface area contributed by atoms with Gasteiger partial charge in [-0.1, -0.05) is 18.2 Å². The fraction of sp³-hybridized carbons (Fsp3) is 0.400. The summed E-state index contributed by atoms with van der Waals surface area (Å²) in [6.45, 7) is 6.49. The number of rotatable bonds is 0. The smallest absolute Gasteiger partial charge is 0.414 e. The molecule has 110 valence electrons. The number of nitrogens with zero attached hydrogens (tertiary/aromatic N) is 4. The molecule has 0 bridgehead atoms. The van der Waals surface area contributed by atoms with Gasteiger partial charge in [-0.3, -0.25) is 4.90 Å². The molecule has 0 aliphatic carbocycles. The van der Waals surface area contributed by atoms with E-state index >= 15 is 0 Å². The van der Waals surface area contributed by atoms with Gasteiger partial charge in [-0.05, 0) is 32.4 Å². The fourth-order valence-corrected chi connectivity index (χ4v) is 2.30. The normalized spacial score (nSPS) is 17.0. The molecule has 6 nitrogen and oxygen atoms in total. The van der Waals surface area contributed by atoms with Crippen LogP contribution in [0.25, 0.3) is 0 Å². The minimum atomic E-state index is -0.529. The number of azo groups is 1. The van der Waals surface area contributed by atoms with E-state index in [4.69, 9.17) is 4.74 Å². The molecule has 1 amide bonds. The number of ether oxygens (including phenoxy) is 1. The summed E-state index contributed by atoms with van der Waals surface area (Å²) in [6, 6.07) is 7.94. The first-order valence-electron chi connectivity index (χ1n) is 6.88. The van der Waals surface area contributed by atoms with E-state index in [2.05, 4.69) is 10.2 Å². The zero-order chi connectivity index (χ0) is 15.0. The quantitative estimate of drug-likeness (QED) is 0.733. The van der Waals surface area contributed by atoms with Crippen LogP contribution in [-0.4, -0.2) is 23.3 Å². The molecule has 2 aliphatic rings. The van der Waals surface area contributed by atoms with Crippen LogP contribution in [0.15, 0.2) is 46.5 Å². The summed E-state index contributed by atoms with van der Waals surface area (Å²) in [5.74, 6) is 0.658. The van der Waals surface area contributed by atoms with Crippen molar-refractivity contribution in [2.75, 3.05) is 11.6 Å². The summed E-state index contributed by atoms with van der Waals surface area (Å²) in [5, 5.41) is 8.15. The Hall–Kier alpha value is -2.37. The van der Waals surface area contributed by atoms with Crippen LogP contribution in [0.1, 0.15) is 26.3 Å². The van der Waals surface area contributed by atoms with Crippen molar-refractivity contribution >= 4 is 11.8 Å². The molecule has 2 heterocycles. The second-order valence-electron chi connectivity index (χ2n) is 6.04. The highest BCUT2D eigenvalue weighted by atomic mass is 16.6. The molecule has 0 spiro atoms. The highest BCUT2D eigenvalue weighted by Gasteiger charge is 2.29. The minimum Gasteiger partial charge on any atom is -0.443 e. The van der Waals surface area contributed by atoms with Crippen molar-refractivity contribution in [1.82, 2.24) is 4.90 Å². The van der Waals surface area contributed by atoms with Crippen molar-refractivity contribution in [3.8, 4) is 0 Å². The predicted molar refractivity (Wildman–Crippen MR) is 78.5 cm³/mol. The maximum atomic E-state index is 12.3. The third-order valence-electron chi connectivity index (χ3n) is 3.18. The minimum absolute atomic E-state index is 0.381. The molecular weight excluding hydrogens is 268 g/mol. The first-order chi connectivity index (χ1) is 9.94. The van der Waals surface area contributed by atoms with Crippen LogP contribution in [0.5, 0.6) is 0 Å². The summed E-state index contributed by atoms with van der Waals surface area (Å²) in [5.41, 5.74) is 1.54. The van der Waals surface area contributed by atoms with E-state index in [-0.39, 0.29) is 6.09 Å². The van der Waals surface area contributed by atoms with Gasteiger partial charge in [0.1, 0.15) is 12.3 Å². The number of amides is 1. The van der Waals surface area contributed by atoms with E-state index in [1.165, 1.54) is 0 Å². The lowest BCUT2D eigenvalue weighted by atomic mass is 10.1. The average molecular weight is 286 g/mol. The Bertz CT molecular complexity index is 631. The maximum Gasteiger partial charge on any atom is 0.414 e. The second-order valence-corrected chi connectivity index (χ2v) is 6.04. The number of hydrogen-bond donors (Lipinski definition) is 0. The number of para-hydroxylation sites is 1. The lowest BCUT2D eigenvalue weighted by Crippen LogP contribution is -2.33. The topological polar surface area (TPSA) is 57.5 Å². The van der Waals surface area contributed by atoms with Gasteiger partial charge in [0.2, 0.25) is 0 Å². The lowest BCUT2D eigenvalue weighted by molar-refractivity contribution is 0.0323. The van der Waals surface area contributed by atoms with Gasteiger partial charge in [0.05, 0.1) is 12.7 Å². The molecule has 21 heavy (non-hydrogen) atoms. The molecule has 0 atom stereocenters. The van der Waals surface area contributed by atoms with Crippen LogP contribution in [0.4, 0.5) is 10.5 Å². The Labute approximate surface area is 123 Å². The summed E-state index contributed by atoms with van der Waals surface area (Å²) in [7, 11) is 0. The number of carbonyl (C=O) groups is 1. The van der Waals surface area contributed by atoms with Crippen LogP contribution < -0.4 is 4.90 Å². The first-order valence-corrected chi connectivity index (χ1v) is 6.88. The summed E-state index contributed by atoms with van der Waals surface area (Å²) < 4.78 is 5.45. The van der Waals surface area contributed by atoms with Crippen LogP contribution in [0, 0.1) is 0 Å². The predicted octanol–water partition coefficient (Wildman–Crippen LogP) is 3.47. The number of benzene rings is 1. The van der Waals surface area contributed by atoms with Crippen LogP contribution in [0.2, 0.25) is 0 Å². The van der Waals surface area contributed by atoms with E-state index in [9.17, 15) is 4.79 Å². The molecule has 3 rings (SSSR count). The average Bonchev–Trinajstić information content (AvgIpc) is 2.79. The standard InChI is InChI=1S/C15H18N4O2/c1-15(2,3)21-14(20)18-8-11-6-4-5-7-12(11)19-10-16-17-13(19)9-18/h4-7,9H,8,10H2,1-3H3. The molecule has 0 unspecified atom stereocenters. The van der Waals surface area contributed by atoms with Crippen molar-refractivity contribution in [2.24, 2.45) is 10.2 Å². The Balaban J connectivity index is 1.95. The Kier molecular flexibility index (Phi) is 3.16. The molecule has 0 fully saturated rings. The SMILES string of the molecule is CC(C)(C)OC(=O)N1C=C2N=NCN2c2ccccc2C1. The van der Waals surface area contributed by atoms with Crippen LogP contribution in [-0.2, 0) is 11.3 Å². The molecule has 0 saturated heterocycles. The molecule has 1 aromatic rings. The second kappa shape index (κ2) is 4.87. The molecular formula is C15H18N4O2. The van der Waals surface area contributed by atoms with E-state index in [0.29, 0.717) is 19.0 Å². The zero-order valence-corrected chi connectivity index (χ0v) is 12.4. The fourth-order valence-electron chi connectivity index (χ4n) is 2.30. The lowest BCUT2D eigenvalue weighted by Gasteiger charge is -2.24. The van der Waals surface area contributed by atoms with E-state index in [1.54, 1.807) is 11.1 Å². The van der Waals surface area contributed by atoms with E-state index in [0.717, 1.165) is 11.3 Å². The highest BCUT2D eigenvalue weighted by molar-refractivity contribution is 5.72. The van der Waals surface area contributed by atoms with Gasteiger partial charge in [-0.2, -0.15) is 5.11 Å². The molecule has 0 saturated carbocycles. The number of fused-ring (bicyclic) bond motifs is 3. The van der Waals surface area contributed by atoms with Gasteiger partial charge in [0.25, 0.3) is 0 Å². The van der Waals surface area contributed by atoms with Gasteiger partial charge in [-0.15, -0.1) is 5.11 Å². The van der Waals surface area contributed by atoms with Crippen molar-refractivity contribution in [2.45, 2.75) is 32.9 Å². The van der Waals surface area contributed by atoms with Crippen LogP contribution >= 0.6 is 0 Å². The number of hydrogen-bond acceptors (Lipinski definition) is 5. The molecule has 6 heteroatoms. The molecule has 0 radical (unpaired) electrons. The molecule has 0 aromatic heterocycles. The van der Waals surface area contributed by atoms with Gasteiger partial charge in [0.15, 0.2) is 5.82 Å². The largest absolute Gasteiger partial charge is 0.443 e. The molecule has 1 aromatic carbocycles. The maximum absolute atomic E-state index is 12.3. The Morgan fingerprint density at radius 3 is 2.81 bits per heavy atom. The number of carbonyl (C=O) groups excluding carboxylic acids is 1. The van der Waals surface area contributed by atoms with Gasteiger partial charge >= 0.3 is 6.09 Å². The van der Waals surface area contributed by atoms with E-state index < -0.39 is 5.60 Å².